The second kappa shape index (κ2) is 13.7. The second-order valence-electron chi connectivity index (χ2n) is 13.8. The fourth-order valence-corrected chi connectivity index (χ4v) is 8.57. The third-order valence-electron chi connectivity index (χ3n) is 10.4. The number of aldehydes is 1. The van der Waals surface area contributed by atoms with Gasteiger partial charge in [-0.2, -0.15) is 0 Å². The largest absolute Gasteiger partial charge is 0.402 e. The Labute approximate surface area is 268 Å². The molecule has 2 aromatic heterocycles. The molecule has 3 aliphatic carbocycles. The third-order valence-corrected chi connectivity index (χ3v) is 11.0. The van der Waals surface area contributed by atoms with Gasteiger partial charge in [-0.25, -0.2) is 15.0 Å². The zero-order valence-electron chi connectivity index (χ0n) is 27.0. The molecular formula is C35H51N7OS. The van der Waals surface area contributed by atoms with Crippen molar-refractivity contribution in [3.05, 3.63) is 53.4 Å². The summed E-state index contributed by atoms with van der Waals surface area (Å²) >= 11 is 1.53. The normalized spacial score (nSPS) is 22.3. The predicted molar refractivity (Wildman–Crippen MR) is 182 cm³/mol. The van der Waals surface area contributed by atoms with E-state index >= 15 is 0 Å². The number of carbonyl (C=O) groups is 1. The van der Waals surface area contributed by atoms with Gasteiger partial charge in [0.15, 0.2) is 12.1 Å². The van der Waals surface area contributed by atoms with Crippen LogP contribution in [0.4, 0.5) is 11.6 Å². The molecule has 1 saturated heterocycles. The number of aliphatic imine (C=N–C) groups is 1. The molecular weight excluding hydrogens is 567 g/mol. The molecule has 1 aliphatic heterocycles. The standard InChI is InChI=1S/C28H41N5O.C7H10N2S/c1-26(2)17-20(5-4-15-29)18-33(26)25-21(19-34)8-9-24(32-25)31-16-10-22(30)6-3-7-23-27(11-12-27)28(23)13-14-28;1-6-4-3-5-7(9-6)10-8-2/h8-10,16,19-20,23H,3-7,11-15,17-18,29-30H2,1-2H3;3-5,8H,1-2H3/b22-10-,31-16?;. The van der Waals surface area contributed by atoms with E-state index in [2.05, 4.69) is 33.4 Å². The molecule has 0 aromatic carbocycles. The van der Waals surface area contributed by atoms with E-state index in [0.29, 0.717) is 17.3 Å². The quantitative estimate of drug-likeness (QED) is 0.128. The molecule has 9 heteroatoms. The van der Waals surface area contributed by atoms with E-state index in [1.165, 1.54) is 50.5 Å². The molecule has 238 valence electrons. The van der Waals surface area contributed by atoms with Crippen LogP contribution < -0.4 is 21.1 Å². The Kier molecular flexibility index (Phi) is 10.2. The van der Waals surface area contributed by atoms with Gasteiger partial charge in [-0.1, -0.05) is 6.07 Å². The van der Waals surface area contributed by atoms with Crippen LogP contribution in [0.1, 0.15) is 94.1 Å². The number of nitrogens with one attached hydrogen (secondary N) is 1. The molecule has 8 nitrogen and oxygen atoms in total. The van der Waals surface area contributed by atoms with Crippen LogP contribution in [0.15, 0.2) is 52.1 Å². The summed E-state index contributed by atoms with van der Waals surface area (Å²) < 4.78 is 2.97. The predicted octanol–water partition coefficient (Wildman–Crippen LogP) is 6.76. The summed E-state index contributed by atoms with van der Waals surface area (Å²) in [5, 5.41) is 1.02. The van der Waals surface area contributed by atoms with Gasteiger partial charge >= 0.3 is 0 Å². The molecule has 4 fully saturated rings. The van der Waals surface area contributed by atoms with E-state index in [9.17, 15) is 4.79 Å². The number of carbonyl (C=O) groups excluding carboxylic acids is 1. The maximum Gasteiger partial charge on any atom is 0.154 e. The average molecular weight is 618 g/mol. The molecule has 3 saturated carbocycles. The lowest BCUT2D eigenvalue weighted by Crippen LogP contribution is -2.39. The van der Waals surface area contributed by atoms with Crippen LogP contribution in [0.2, 0.25) is 0 Å². The lowest BCUT2D eigenvalue weighted by molar-refractivity contribution is 0.112. The van der Waals surface area contributed by atoms with Gasteiger partial charge in [-0.3, -0.25) is 9.52 Å². The van der Waals surface area contributed by atoms with Crippen molar-refractivity contribution in [2.75, 3.05) is 25.0 Å². The number of nitrogens with zero attached hydrogens (tertiary/aromatic N) is 4. The highest BCUT2D eigenvalue weighted by Gasteiger charge is 2.85. The molecule has 2 aromatic rings. The first-order valence-corrected chi connectivity index (χ1v) is 17.2. The third kappa shape index (κ3) is 7.21. The highest BCUT2D eigenvalue weighted by Crippen LogP contribution is 2.93. The Balaban J connectivity index is 0.000000328. The molecule has 6 rings (SSSR count). The highest BCUT2D eigenvalue weighted by atomic mass is 32.2. The van der Waals surface area contributed by atoms with E-state index < -0.39 is 0 Å². The summed E-state index contributed by atoms with van der Waals surface area (Å²) in [5.41, 5.74) is 16.1. The number of pyridine rings is 2. The minimum Gasteiger partial charge on any atom is -0.402 e. The molecule has 4 aliphatic rings. The monoisotopic (exact) mass is 617 g/mol. The van der Waals surface area contributed by atoms with E-state index in [1.54, 1.807) is 12.3 Å². The Bertz CT molecular complexity index is 1350. The number of hydrogen-bond acceptors (Lipinski definition) is 9. The number of aromatic nitrogens is 2. The lowest BCUT2D eigenvalue weighted by Gasteiger charge is -2.33. The average Bonchev–Trinajstić information content (AvgIpc) is 3.94. The summed E-state index contributed by atoms with van der Waals surface area (Å²) in [6.45, 7) is 8.05. The summed E-state index contributed by atoms with van der Waals surface area (Å²) in [6, 6.07) is 9.60. The van der Waals surface area contributed by atoms with Crippen LogP contribution in [-0.4, -0.2) is 48.1 Å². The van der Waals surface area contributed by atoms with Crippen LogP contribution in [-0.2, 0) is 0 Å². The highest BCUT2D eigenvalue weighted by molar-refractivity contribution is 7.97. The van der Waals surface area contributed by atoms with Crippen molar-refractivity contribution in [1.82, 2.24) is 14.7 Å². The number of aryl methyl sites for hydroxylation is 1. The Hall–Kier alpha value is -2.75. The molecule has 5 N–H and O–H groups in total. The minimum atomic E-state index is -0.0592. The summed E-state index contributed by atoms with van der Waals surface area (Å²) in [7, 11) is 1.88. The fraction of sp³-hybridized carbons (Fsp3) is 0.600. The number of nitrogens with two attached hydrogens (primary N) is 2. The van der Waals surface area contributed by atoms with Gasteiger partial charge in [0.1, 0.15) is 10.8 Å². The van der Waals surface area contributed by atoms with Gasteiger partial charge in [0, 0.05) is 29.7 Å². The maximum atomic E-state index is 11.8. The van der Waals surface area contributed by atoms with Gasteiger partial charge in [0.25, 0.3) is 0 Å². The van der Waals surface area contributed by atoms with Crippen molar-refractivity contribution in [3.8, 4) is 0 Å². The molecule has 1 atom stereocenters. The van der Waals surface area contributed by atoms with E-state index in [4.69, 9.17) is 16.5 Å². The molecule has 3 heterocycles. The summed E-state index contributed by atoms with van der Waals surface area (Å²) in [6.07, 6.45) is 17.1. The van der Waals surface area contributed by atoms with Crippen molar-refractivity contribution < 1.29 is 4.79 Å². The van der Waals surface area contributed by atoms with Crippen molar-refractivity contribution >= 4 is 36.1 Å². The topological polar surface area (TPSA) is 123 Å². The molecule has 0 bridgehead atoms. The van der Waals surface area contributed by atoms with Gasteiger partial charge in [-0.15, -0.1) is 0 Å². The smallest absolute Gasteiger partial charge is 0.154 e. The zero-order valence-corrected chi connectivity index (χ0v) is 27.8. The molecule has 44 heavy (non-hydrogen) atoms. The molecule has 0 amide bonds. The van der Waals surface area contributed by atoms with Crippen molar-refractivity contribution in [3.63, 3.8) is 0 Å². The van der Waals surface area contributed by atoms with Crippen molar-refractivity contribution in [2.24, 2.45) is 39.1 Å². The lowest BCUT2D eigenvalue weighted by atomic mass is 9.93. The number of anilines is 1. The van der Waals surface area contributed by atoms with Crippen LogP contribution in [0, 0.1) is 29.6 Å². The van der Waals surface area contributed by atoms with Gasteiger partial charge < -0.3 is 16.4 Å². The van der Waals surface area contributed by atoms with Crippen LogP contribution >= 0.6 is 11.9 Å². The number of fused-ring (bicyclic) bond motifs is 1. The maximum absolute atomic E-state index is 11.8. The first-order chi connectivity index (χ1) is 21.2. The number of allylic oxidation sites excluding steroid dienone is 2. The Morgan fingerprint density at radius 3 is 2.50 bits per heavy atom. The second-order valence-corrected chi connectivity index (χ2v) is 14.9. The first-order valence-electron chi connectivity index (χ1n) is 16.4. The van der Waals surface area contributed by atoms with E-state index in [0.717, 1.165) is 84.0 Å². The Morgan fingerprint density at radius 2 is 1.86 bits per heavy atom. The molecule has 2 spiro atoms. The van der Waals surface area contributed by atoms with E-state index in [1.807, 2.05) is 44.3 Å². The number of hydrogen-bond donors (Lipinski definition) is 3. The van der Waals surface area contributed by atoms with Gasteiger partial charge in [0.2, 0.25) is 0 Å². The molecule has 0 radical (unpaired) electrons. The zero-order chi connectivity index (χ0) is 31.4. The minimum absolute atomic E-state index is 0.0592. The van der Waals surface area contributed by atoms with E-state index in [-0.39, 0.29) is 5.54 Å². The fourth-order valence-electron chi connectivity index (χ4n) is 8.03. The first kappa shape index (κ1) is 32.6. The van der Waals surface area contributed by atoms with Crippen LogP contribution in [0.5, 0.6) is 0 Å². The van der Waals surface area contributed by atoms with Gasteiger partial charge in [0.05, 0.1) is 5.56 Å². The van der Waals surface area contributed by atoms with Crippen LogP contribution in [0.3, 0.4) is 0 Å². The number of rotatable bonds is 13. The van der Waals surface area contributed by atoms with Crippen molar-refractivity contribution in [1.29, 1.82) is 0 Å². The van der Waals surface area contributed by atoms with Crippen LogP contribution in [0.25, 0.3) is 0 Å². The molecule has 1 unspecified atom stereocenters. The summed E-state index contributed by atoms with van der Waals surface area (Å²) in [4.78, 5) is 27.6. The van der Waals surface area contributed by atoms with Gasteiger partial charge in [-0.05, 0) is 164 Å². The van der Waals surface area contributed by atoms with Crippen molar-refractivity contribution in [2.45, 2.75) is 95.5 Å². The SMILES string of the molecule is CC1(C)CC(CCCN)CN1c1nc(N=C/C=C(\N)CCCC2C3(CC3)C23CC3)ccc1C=O.CNSc1cccc(C)n1. The Morgan fingerprint density at radius 1 is 1.11 bits per heavy atom. The summed E-state index contributed by atoms with van der Waals surface area (Å²) in [5.74, 6) is 2.89.